The molecule has 29 heavy (non-hydrogen) atoms. The van der Waals surface area contributed by atoms with Crippen LogP contribution >= 0.6 is 11.6 Å². The van der Waals surface area contributed by atoms with Crippen molar-refractivity contribution in [3.63, 3.8) is 0 Å². The Kier molecular flexibility index (Phi) is 4.86. The van der Waals surface area contributed by atoms with Gasteiger partial charge in [0.1, 0.15) is 23.8 Å². The number of aromatic hydroxyl groups is 1. The predicted molar refractivity (Wildman–Crippen MR) is 108 cm³/mol. The fourth-order valence-corrected chi connectivity index (χ4v) is 3.45. The minimum absolute atomic E-state index is 0.00483. The second kappa shape index (κ2) is 7.48. The summed E-state index contributed by atoms with van der Waals surface area (Å²) >= 11 is 5.90. The van der Waals surface area contributed by atoms with Gasteiger partial charge in [-0.15, -0.1) is 0 Å². The molecule has 0 bridgehead atoms. The normalized spacial score (nSPS) is 12.7. The molecule has 0 spiro atoms. The maximum Gasteiger partial charge on any atom is 0.337 e. The molecule has 146 valence electrons. The maximum absolute atomic E-state index is 12.9. The molecule has 0 radical (unpaired) electrons. The standard InChI is InChI=1S/C22H16ClNO5/c23-14-9-7-13(8-10-14)12-29-19-6-2-4-16(22(27)28)20(19)24-11-17-15(21(24)26)3-1-5-18(17)25/h1-10,25H,11-12H2,(H,27,28). The maximum atomic E-state index is 12.9. The van der Waals surface area contributed by atoms with Crippen LogP contribution in [-0.4, -0.2) is 22.1 Å². The molecule has 1 amide bonds. The van der Waals surface area contributed by atoms with Gasteiger partial charge in [-0.1, -0.05) is 35.9 Å². The molecule has 7 heteroatoms. The Hall–Kier alpha value is -3.51. The smallest absolute Gasteiger partial charge is 0.337 e. The Bertz CT molecular complexity index is 1110. The van der Waals surface area contributed by atoms with Gasteiger partial charge in [0.15, 0.2) is 0 Å². The van der Waals surface area contributed by atoms with E-state index in [1.165, 1.54) is 17.0 Å². The highest BCUT2D eigenvalue weighted by Gasteiger charge is 2.34. The van der Waals surface area contributed by atoms with Gasteiger partial charge < -0.3 is 14.9 Å². The molecule has 6 nitrogen and oxygen atoms in total. The zero-order valence-corrected chi connectivity index (χ0v) is 15.9. The minimum atomic E-state index is -1.18. The summed E-state index contributed by atoms with van der Waals surface area (Å²) in [5.74, 6) is -1.30. The Labute approximate surface area is 171 Å². The van der Waals surface area contributed by atoms with Crippen LogP contribution in [0.1, 0.15) is 31.8 Å². The van der Waals surface area contributed by atoms with Crippen LogP contribution in [0.5, 0.6) is 11.5 Å². The number of phenolic OH excluding ortho intramolecular Hbond substituents is 1. The summed E-state index contributed by atoms with van der Waals surface area (Å²) in [4.78, 5) is 26.1. The molecule has 0 aliphatic carbocycles. The molecule has 3 aromatic rings. The van der Waals surface area contributed by atoms with Gasteiger partial charge in [0, 0.05) is 16.1 Å². The summed E-state index contributed by atoms with van der Waals surface area (Å²) in [6, 6.07) is 16.4. The second-order valence-corrected chi connectivity index (χ2v) is 7.00. The number of nitrogens with zero attached hydrogens (tertiary/aromatic N) is 1. The number of anilines is 1. The van der Waals surface area contributed by atoms with Gasteiger partial charge >= 0.3 is 5.97 Å². The van der Waals surface area contributed by atoms with Crippen molar-refractivity contribution < 1.29 is 24.5 Å². The highest BCUT2D eigenvalue weighted by molar-refractivity contribution is 6.30. The van der Waals surface area contributed by atoms with Crippen molar-refractivity contribution >= 4 is 29.2 Å². The number of para-hydroxylation sites is 1. The topological polar surface area (TPSA) is 87.1 Å². The fraction of sp³-hybridized carbons (Fsp3) is 0.0909. The van der Waals surface area contributed by atoms with Gasteiger partial charge in [0.25, 0.3) is 5.91 Å². The highest BCUT2D eigenvalue weighted by Crippen LogP contribution is 2.40. The molecule has 0 aromatic heterocycles. The Balaban J connectivity index is 1.72. The van der Waals surface area contributed by atoms with Gasteiger partial charge in [-0.05, 0) is 42.0 Å². The number of halogens is 1. The van der Waals surface area contributed by atoms with Gasteiger partial charge in [-0.25, -0.2) is 4.79 Å². The number of benzene rings is 3. The second-order valence-electron chi connectivity index (χ2n) is 6.57. The summed E-state index contributed by atoms with van der Waals surface area (Å²) in [6.45, 7) is 0.232. The number of fused-ring (bicyclic) bond motifs is 1. The third kappa shape index (κ3) is 3.50. The molecule has 1 heterocycles. The van der Waals surface area contributed by atoms with Crippen molar-refractivity contribution in [3.05, 3.63) is 87.9 Å². The number of carbonyl (C=O) groups is 2. The van der Waals surface area contributed by atoms with E-state index in [0.717, 1.165) is 5.56 Å². The number of amides is 1. The molecular weight excluding hydrogens is 394 g/mol. The number of rotatable bonds is 5. The zero-order valence-electron chi connectivity index (χ0n) is 15.1. The van der Waals surface area contributed by atoms with E-state index < -0.39 is 5.97 Å². The molecule has 1 aliphatic heterocycles. The lowest BCUT2D eigenvalue weighted by atomic mass is 10.1. The first-order chi connectivity index (χ1) is 14.0. The quantitative estimate of drug-likeness (QED) is 0.648. The number of phenols is 1. The molecule has 0 atom stereocenters. The molecule has 2 N–H and O–H groups in total. The lowest BCUT2D eigenvalue weighted by molar-refractivity contribution is 0.0697. The van der Waals surface area contributed by atoms with Crippen molar-refractivity contribution in [1.29, 1.82) is 0 Å². The monoisotopic (exact) mass is 409 g/mol. The average Bonchev–Trinajstić information content (AvgIpc) is 3.05. The number of hydrogen-bond donors (Lipinski definition) is 2. The number of carboxylic acid groups (broad SMARTS) is 1. The molecule has 0 saturated carbocycles. The van der Waals surface area contributed by atoms with E-state index in [0.29, 0.717) is 16.1 Å². The SMILES string of the molecule is O=C(O)c1cccc(OCc2ccc(Cl)cc2)c1N1Cc2c(O)cccc2C1=O. The molecule has 3 aromatic carbocycles. The zero-order chi connectivity index (χ0) is 20.5. The average molecular weight is 410 g/mol. The van der Waals surface area contributed by atoms with Gasteiger partial charge in [-0.2, -0.15) is 0 Å². The van der Waals surface area contributed by atoms with E-state index in [9.17, 15) is 19.8 Å². The molecular formula is C22H16ClNO5. The summed E-state index contributed by atoms with van der Waals surface area (Å²) in [5.41, 5.74) is 1.75. The summed E-state index contributed by atoms with van der Waals surface area (Å²) < 4.78 is 5.88. The Morgan fingerprint density at radius 2 is 1.79 bits per heavy atom. The van der Waals surface area contributed by atoms with E-state index in [-0.39, 0.29) is 41.8 Å². The van der Waals surface area contributed by atoms with Crippen molar-refractivity contribution in [1.82, 2.24) is 0 Å². The van der Waals surface area contributed by atoms with E-state index in [4.69, 9.17) is 16.3 Å². The molecule has 0 fully saturated rings. The van der Waals surface area contributed by atoms with Crippen molar-refractivity contribution in [2.24, 2.45) is 0 Å². The third-order valence-electron chi connectivity index (χ3n) is 4.75. The largest absolute Gasteiger partial charge is 0.508 e. The number of ether oxygens (including phenoxy) is 1. The van der Waals surface area contributed by atoms with Crippen LogP contribution in [0.2, 0.25) is 5.02 Å². The third-order valence-corrected chi connectivity index (χ3v) is 5.00. The van der Waals surface area contributed by atoms with Crippen LogP contribution in [0.15, 0.2) is 60.7 Å². The number of carbonyl (C=O) groups excluding carboxylic acids is 1. The Morgan fingerprint density at radius 1 is 1.07 bits per heavy atom. The van der Waals surface area contributed by atoms with E-state index in [1.54, 1.807) is 48.5 Å². The number of aromatic carboxylic acids is 1. The van der Waals surface area contributed by atoms with Crippen LogP contribution in [0, 0.1) is 0 Å². The first-order valence-electron chi connectivity index (χ1n) is 8.82. The minimum Gasteiger partial charge on any atom is -0.508 e. The van der Waals surface area contributed by atoms with E-state index in [2.05, 4.69) is 0 Å². The molecule has 0 unspecified atom stereocenters. The lowest BCUT2D eigenvalue weighted by Gasteiger charge is -2.22. The lowest BCUT2D eigenvalue weighted by Crippen LogP contribution is -2.26. The van der Waals surface area contributed by atoms with E-state index in [1.807, 2.05) is 0 Å². The van der Waals surface area contributed by atoms with Crippen LogP contribution in [-0.2, 0) is 13.2 Å². The Morgan fingerprint density at radius 3 is 2.48 bits per heavy atom. The van der Waals surface area contributed by atoms with Crippen LogP contribution < -0.4 is 9.64 Å². The summed E-state index contributed by atoms with van der Waals surface area (Å²) in [5, 5.41) is 20.4. The van der Waals surface area contributed by atoms with Crippen molar-refractivity contribution in [2.75, 3.05) is 4.90 Å². The highest BCUT2D eigenvalue weighted by atomic mass is 35.5. The molecule has 1 aliphatic rings. The fourth-order valence-electron chi connectivity index (χ4n) is 3.33. The van der Waals surface area contributed by atoms with Gasteiger partial charge in [0.2, 0.25) is 0 Å². The first kappa shape index (κ1) is 18.8. The summed E-state index contributed by atoms with van der Waals surface area (Å²) in [6.07, 6.45) is 0. The molecule has 4 rings (SSSR count). The van der Waals surface area contributed by atoms with E-state index >= 15 is 0 Å². The van der Waals surface area contributed by atoms with Crippen LogP contribution in [0.25, 0.3) is 0 Å². The number of hydrogen-bond acceptors (Lipinski definition) is 4. The van der Waals surface area contributed by atoms with Gasteiger partial charge in [0.05, 0.1) is 12.1 Å². The first-order valence-corrected chi connectivity index (χ1v) is 9.20. The van der Waals surface area contributed by atoms with Crippen molar-refractivity contribution in [2.45, 2.75) is 13.2 Å². The van der Waals surface area contributed by atoms with Crippen LogP contribution in [0.4, 0.5) is 5.69 Å². The predicted octanol–water partition coefficient (Wildman–Crippen LogP) is 4.48. The number of carboxylic acids is 1. The van der Waals surface area contributed by atoms with Crippen LogP contribution in [0.3, 0.4) is 0 Å². The van der Waals surface area contributed by atoms with Gasteiger partial charge in [-0.3, -0.25) is 9.69 Å². The van der Waals surface area contributed by atoms with Crippen molar-refractivity contribution in [3.8, 4) is 11.5 Å². The summed E-state index contributed by atoms with van der Waals surface area (Å²) in [7, 11) is 0. The molecule has 0 saturated heterocycles.